The van der Waals surface area contributed by atoms with Crippen molar-refractivity contribution in [1.29, 1.82) is 0 Å². The van der Waals surface area contributed by atoms with Crippen molar-refractivity contribution >= 4 is 23.4 Å². The number of carbonyl (C=O) groups is 1. The predicted molar refractivity (Wildman–Crippen MR) is 80.9 cm³/mol. The summed E-state index contributed by atoms with van der Waals surface area (Å²) in [5, 5.41) is 7.30. The maximum atomic E-state index is 12.0. The fourth-order valence-electron chi connectivity index (χ4n) is 2.40. The van der Waals surface area contributed by atoms with Crippen LogP contribution in [0.3, 0.4) is 0 Å². The van der Waals surface area contributed by atoms with Crippen LogP contribution in [0.1, 0.15) is 36.5 Å². The summed E-state index contributed by atoms with van der Waals surface area (Å²) in [6.45, 7) is 2.27. The van der Waals surface area contributed by atoms with Gasteiger partial charge in [-0.15, -0.1) is 0 Å². The second-order valence-electron chi connectivity index (χ2n) is 5.55. The number of carbonyl (C=O) groups excluding carboxylic acids is 1. The molecule has 2 aliphatic rings. The Morgan fingerprint density at radius 3 is 2.84 bits per heavy atom. The summed E-state index contributed by atoms with van der Waals surface area (Å²) < 4.78 is 0. The topological polar surface area (TPSA) is 41.1 Å². The van der Waals surface area contributed by atoms with E-state index in [0.717, 1.165) is 35.1 Å². The third-order valence-electron chi connectivity index (χ3n) is 3.61. The molecule has 102 valence electrons. The monoisotopic (exact) mass is 276 g/mol. The number of hydrogen-bond acceptors (Lipinski definition) is 3. The molecule has 1 aromatic rings. The van der Waals surface area contributed by atoms with Crippen molar-refractivity contribution in [2.75, 3.05) is 11.1 Å². The average molecular weight is 276 g/mol. The van der Waals surface area contributed by atoms with E-state index in [1.165, 1.54) is 6.42 Å². The van der Waals surface area contributed by atoms with Gasteiger partial charge in [-0.05, 0) is 37.5 Å². The van der Waals surface area contributed by atoms with Crippen LogP contribution < -0.4 is 10.6 Å². The van der Waals surface area contributed by atoms with Crippen molar-refractivity contribution in [3.05, 3.63) is 29.8 Å². The summed E-state index contributed by atoms with van der Waals surface area (Å²) in [5.74, 6) is 1.21. The number of anilines is 1. The number of amides is 1. The Balaban J connectivity index is 1.63. The lowest BCUT2D eigenvalue weighted by molar-refractivity contribution is 0.0951. The van der Waals surface area contributed by atoms with E-state index in [-0.39, 0.29) is 5.91 Å². The van der Waals surface area contributed by atoms with Crippen LogP contribution in [0.25, 0.3) is 0 Å². The van der Waals surface area contributed by atoms with Crippen LogP contribution in [-0.2, 0) is 0 Å². The lowest BCUT2D eigenvalue weighted by atomic mass is 10.1. The van der Waals surface area contributed by atoms with Gasteiger partial charge >= 0.3 is 0 Å². The van der Waals surface area contributed by atoms with Gasteiger partial charge in [0.25, 0.3) is 5.91 Å². The zero-order chi connectivity index (χ0) is 13.2. The first-order valence-corrected chi connectivity index (χ1v) is 8.04. The SMILES string of the molecule is CC1CC(Nc2cccc(C(=O)NC3CC3)c2)CS1. The Labute approximate surface area is 118 Å². The molecular weight excluding hydrogens is 256 g/mol. The first-order chi connectivity index (χ1) is 9.20. The number of nitrogens with one attached hydrogen (secondary N) is 2. The molecule has 2 N–H and O–H groups in total. The van der Waals surface area contributed by atoms with Crippen molar-refractivity contribution in [2.45, 2.75) is 43.5 Å². The van der Waals surface area contributed by atoms with Gasteiger partial charge in [-0.2, -0.15) is 11.8 Å². The first-order valence-electron chi connectivity index (χ1n) is 7.00. The number of benzene rings is 1. The van der Waals surface area contributed by atoms with E-state index in [4.69, 9.17) is 0 Å². The molecule has 1 aromatic carbocycles. The lowest BCUT2D eigenvalue weighted by Gasteiger charge is -2.14. The van der Waals surface area contributed by atoms with Gasteiger partial charge in [-0.25, -0.2) is 0 Å². The largest absolute Gasteiger partial charge is 0.381 e. The number of thioether (sulfide) groups is 1. The van der Waals surface area contributed by atoms with Crippen LogP contribution in [-0.4, -0.2) is 29.0 Å². The maximum Gasteiger partial charge on any atom is 0.251 e. The smallest absolute Gasteiger partial charge is 0.251 e. The van der Waals surface area contributed by atoms with Gasteiger partial charge in [0.2, 0.25) is 0 Å². The molecule has 1 aliphatic heterocycles. The molecule has 0 bridgehead atoms. The quantitative estimate of drug-likeness (QED) is 0.888. The molecule has 3 rings (SSSR count). The minimum Gasteiger partial charge on any atom is -0.381 e. The third-order valence-corrected chi connectivity index (χ3v) is 4.96. The summed E-state index contributed by atoms with van der Waals surface area (Å²) in [7, 11) is 0. The molecule has 1 saturated heterocycles. The Morgan fingerprint density at radius 1 is 1.32 bits per heavy atom. The molecule has 3 nitrogen and oxygen atoms in total. The highest BCUT2D eigenvalue weighted by Gasteiger charge is 2.24. The van der Waals surface area contributed by atoms with E-state index >= 15 is 0 Å². The highest BCUT2D eigenvalue weighted by molar-refractivity contribution is 8.00. The second-order valence-corrected chi connectivity index (χ2v) is 7.02. The normalized spacial score (nSPS) is 26.2. The predicted octanol–water partition coefficient (Wildman–Crippen LogP) is 2.88. The molecule has 4 heteroatoms. The minimum atomic E-state index is 0.0558. The molecule has 0 aromatic heterocycles. The molecule has 1 aliphatic carbocycles. The standard InChI is InChI=1S/C15H20N2OS/c1-10-7-14(9-19-10)16-13-4-2-3-11(8-13)15(18)17-12-5-6-12/h2-4,8,10,12,14,16H,5-7,9H2,1H3,(H,17,18). The fraction of sp³-hybridized carbons (Fsp3) is 0.533. The molecule has 1 heterocycles. The summed E-state index contributed by atoms with van der Waals surface area (Å²) in [4.78, 5) is 12.0. The van der Waals surface area contributed by atoms with Gasteiger partial charge in [-0.3, -0.25) is 4.79 Å². The third kappa shape index (κ3) is 3.44. The Bertz CT molecular complexity index is 473. The Hall–Kier alpha value is -1.16. The van der Waals surface area contributed by atoms with Crippen LogP contribution in [0.5, 0.6) is 0 Å². The van der Waals surface area contributed by atoms with Crippen LogP contribution >= 0.6 is 11.8 Å². The van der Waals surface area contributed by atoms with Gasteiger partial charge in [0.1, 0.15) is 0 Å². The van der Waals surface area contributed by atoms with Crippen LogP contribution in [0, 0.1) is 0 Å². The van der Waals surface area contributed by atoms with E-state index < -0.39 is 0 Å². The molecule has 2 fully saturated rings. The van der Waals surface area contributed by atoms with Crippen LogP contribution in [0.15, 0.2) is 24.3 Å². The van der Waals surface area contributed by atoms with Gasteiger partial charge in [0.15, 0.2) is 0 Å². The second kappa shape index (κ2) is 5.45. The first kappa shape index (κ1) is 12.9. The average Bonchev–Trinajstić information content (AvgIpc) is 3.12. The van der Waals surface area contributed by atoms with Crippen molar-refractivity contribution < 1.29 is 4.79 Å². The number of hydrogen-bond donors (Lipinski definition) is 2. The lowest BCUT2D eigenvalue weighted by Crippen LogP contribution is -2.25. The highest BCUT2D eigenvalue weighted by atomic mass is 32.2. The van der Waals surface area contributed by atoms with Crippen LogP contribution in [0.2, 0.25) is 0 Å². The maximum absolute atomic E-state index is 12.0. The highest BCUT2D eigenvalue weighted by Crippen LogP contribution is 2.28. The Morgan fingerprint density at radius 2 is 2.16 bits per heavy atom. The molecule has 0 radical (unpaired) electrons. The van der Waals surface area contributed by atoms with E-state index in [9.17, 15) is 4.79 Å². The van der Waals surface area contributed by atoms with Crippen molar-refractivity contribution in [2.24, 2.45) is 0 Å². The molecule has 0 spiro atoms. The zero-order valence-electron chi connectivity index (χ0n) is 11.2. The zero-order valence-corrected chi connectivity index (χ0v) is 12.0. The summed E-state index contributed by atoms with van der Waals surface area (Å²) >= 11 is 2.01. The van der Waals surface area contributed by atoms with E-state index in [1.54, 1.807) is 0 Å². The van der Waals surface area contributed by atoms with Crippen molar-refractivity contribution in [3.63, 3.8) is 0 Å². The molecule has 1 amide bonds. The van der Waals surface area contributed by atoms with Gasteiger partial charge in [0.05, 0.1) is 0 Å². The van der Waals surface area contributed by atoms with E-state index in [0.29, 0.717) is 12.1 Å². The summed E-state index contributed by atoms with van der Waals surface area (Å²) in [5.41, 5.74) is 1.82. The molecule has 2 unspecified atom stereocenters. The van der Waals surface area contributed by atoms with Gasteiger partial charge < -0.3 is 10.6 Å². The Kier molecular flexibility index (Phi) is 3.69. The molecule has 19 heavy (non-hydrogen) atoms. The van der Waals surface area contributed by atoms with Gasteiger partial charge in [-0.1, -0.05) is 13.0 Å². The van der Waals surface area contributed by atoms with Gasteiger partial charge in [0, 0.05) is 34.3 Å². The molecular formula is C15H20N2OS. The van der Waals surface area contributed by atoms with Crippen molar-refractivity contribution in [3.8, 4) is 0 Å². The van der Waals surface area contributed by atoms with Crippen LogP contribution in [0.4, 0.5) is 5.69 Å². The minimum absolute atomic E-state index is 0.0558. The van der Waals surface area contributed by atoms with E-state index in [1.807, 2.05) is 36.0 Å². The molecule has 1 saturated carbocycles. The molecule has 2 atom stereocenters. The number of rotatable bonds is 4. The summed E-state index contributed by atoms with van der Waals surface area (Å²) in [6, 6.07) is 8.79. The fourth-order valence-corrected chi connectivity index (χ4v) is 3.55. The summed E-state index contributed by atoms with van der Waals surface area (Å²) in [6.07, 6.45) is 3.45. The van der Waals surface area contributed by atoms with Crippen molar-refractivity contribution in [1.82, 2.24) is 5.32 Å². The van der Waals surface area contributed by atoms with E-state index in [2.05, 4.69) is 17.6 Å².